The molecule has 1 aromatic carbocycles. The molecule has 1 spiro atoms. The molecule has 3 aliphatic heterocycles. The predicted octanol–water partition coefficient (Wildman–Crippen LogP) is 3.39. The van der Waals surface area contributed by atoms with E-state index in [9.17, 15) is 4.79 Å². The van der Waals surface area contributed by atoms with Gasteiger partial charge in [0.25, 0.3) is 5.91 Å². The molecule has 5 rings (SSSR count). The topological polar surface area (TPSA) is 38.8 Å². The molecule has 0 atom stereocenters. The summed E-state index contributed by atoms with van der Waals surface area (Å²) >= 11 is 1.84. The smallest absolute Gasteiger partial charge is 0.253 e. The third-order valence-electron chi connectivity index (χ3n) is 5.74. The molecule has 130 valence electrons. The van der Waals surface area contributed by atoms with Gasteiger partial charge in [0.05, 0.1) is 18.8 Å². The molecule has 1 saturated heterocycles. The Morgan fingerprint density at radius 3 is 2.88 bits per heavy atom. The highest BCUT2D eigenvalue weighted by Gasteiger charge is 2.42. The predicted molar refractivity (Wildman–Crippen MR) is 96.4 cm³/mol. The minimum absolute atomic E-state index is 0.130. The largest absolute Gasteiger partial charge is 0.493 e. The number of piperidine rings is 1. The van der Waals surface area contributed by atoms with Crippen LogP contribution < -0.4 is 4.74 Å². The number of amides is 1. The van der Waals surface area contributed by atoms with Gasteiger partial charge in [-0.2, -0.15) is 0 Å². The molecule has 1 fully saturated rings. The standard InChI is InChI=1S/C20H21NO3S/c22-19(15-1-2-17-14(13-15)3-10-23-17)21-8-6-20(7-9-21)16-5-12-25-18(16)4-11-24-20/h1-2,5,12-13H,3-4,6-11H2. The van der Waals surface area contributed by atoms with Crippen molar-refractivity contribution in [3.05, 3.63) is 51.2 Å². The van der Waals surface area contributed by atoms with E-state index in [0.29, 0.717) is 0 Å². The van der Waals surface area contributed by atoms with E-state index in [4.69, 9.17) is 9.47 Å². The van der Waals surface area contributed by atoms with Crippen LogP contribution >= 0.6 is 11.3 Å². The number of fused-ring (bicyclic) bond motifs is 3. The van der Waals surface area contributed by atoms with Gasteiger partial charge in [-0.15, -0.1) is 11.3 Å². The van der Waals surface area contributed by atoms with Crippen molar-refractivity contribution in [2.24, 2.45) is 0 Å². The zero-order valence-electron chi connectivity index (χ0n) is 14.1. The molecule has 0 radical (unpaired) electrons. The molecule has 5 heteroatoms. The Labute approximate surface area is 151 Å². The van der Waals surface area contributed by atoms with Crippen LogP contribution in [0, 0.1) is 0 Å². The number of nitrogens with zero attached hydrogens (tertiary/aromatic N) is 1. The van der Waals surface area contributed by atoms with Gasteiger partial charge in [-0.25, -0.2) is 0 Å². The van der Waals surface area contributed by atoms with Crippen LogP contribution in [0.15, 0.2) is 29.6 Å². The van der Waals surface area contributed by atoms with E-state index in [0.717, 1.165) is 68.9 Å². The van der Waals surface area contributed by atoms with Crippen molar-refractivity contribution in [2.75, 3.05) is 26.3 Å². The average Bonchev–Trinajstić information content (AvgIpc) is 3.31. The Hall–Kier alpha value is -1.85. The lowest BCUT2D eigenvalue weighted by atomic mass is 9.82. The van der Waals surface area contributed by atoms with Crippen LogP contribution in [0.1, 0.15) is 39.2 Å². The molecule has 0 bridgehead atoms. The molecule has 25 heavy (non-hydrogen) atoms. The van der Waals surface area contributed by atoms with Gasteiger partial charge in [0.1, 0.15) is 5.75 Å². The third kappa shape index (κ3) is 2.49. The summed E-state index contributed by atoms with van der Waals surface area (Å²) in [5.41, 5.74) is 3.13. The van der Waals surface area contributed by atoms with E-state index in [2.05, 4.69) is 11.4 Å². The van der Waals surface area contributed by atoms with E-state index >= 15 is 0 Å². The second kappa shape index (κ2) is 5.85. The fourth-order valence-electron chi connectivity index (χ4n) is 4.34. The van der Waals surface area contributed by atoms with Gasteiger partial charge < -0.3 is 14.4 Å². The average molecular weight is 355 g/mol. The van der Waals surface area contributed by atoms with E-state index in [1.165, 1.54) is 10.4 Å². The first-order valence-electron chi connectivity index (χ1n) is 9.01. The summed E-state index contributed by atoms with van der Waals surface area (Å²) in [6, 6.07) is 8.05. The number of rotatable bonds is 1. The van der Waals surface area contributed by atoms with E-state index in [-0.39, 0.29) is 11.5 Å². The summed E-state index contributed by atoms with van der Waals surface area (Å²) in [7, 11) is 0. The molecule has 1 amide bonds. The molecule has 4 heterocycles. The SMILES string of the molecule is O=C(c1ccc2c(c1)CCO2)N1CCC2(CC1)OCCc1sccc12. The monoisotopic (exact) mass is 355 g/mol. The maximum Gasteiger partial charge on any atom is 0.253 e. The lowest BCUT2D eigenvalue weighted by Crippen LogP contribution is -2.48. The number of thiophene rings is 1. The van der Waals surface area contributed by atoms with Gasteiger partial charge >= 0.3 is 0 Å². The Morgan fingerprint density at radius 1 is 1.12 bits per heavy atom. The Kier molecular flexibility index (Phi) is 3.61. The maximum atomic E-state index is 12.9. The first kappa shape index (κ1) is 15.4. The molecule has 0 unspecified atom stereocenters. The van der Waals surface area contributed by atoms with Crippen LogP contribution in [0.4, 0.5) is 0 Å². The number of carbonyl (C=O) groups excluding carboxylic acids is 1. The highest BCUT2D eigenvalue weighted by molar-refractivity contribution is 7.10. The van der Waals surface area contributed by atoms with Gasteiger partial charge in [-0.05, 0) is 53.6 Å². The summed E-state index contributed by atoms with van der Waals surface area (Å²) in [4.78, 5) is 16.4. The lowest BCUT2D eigenvalue weighted by molar-refractivity contribution is -0.0926. The van der Waals surface area contributed by atoms with Crippen LogP contribution in [-0.4, -0.2) is 37.1 Å². The molecule has 2 aromatic rings. The van der Waals surface area contributed by atoms with Gasteiger partial charge in [-0.3, -0.25) is 4.79 Å². The van der Waals surface area contributed by atoms with Crippen molar-refractivity contribution < 1.29 is 14.3 Å². The summed E-state index contributed by atoms with van der Waals surface area (Å²) in [5, 5.41) is 2.17. The number of likely N-dealkylation sites (tertiary alicyclic amines) is 1. The molecule has 3 aliphatic rings. The van der Waals surface area contributed by atoms with Gasteiger partial charge in [-0.1, -0.05) is 0 Å². The molecular weight excluding hydrogens is 334 g/mol. The van der Waals surface area contributed by atoms with Crippen molar-refractivity contribution in [1.29, 1.82) is 0 Å². The Morgan fingerprint density at radius 2 is 2.00 bits per heavy atom. The zero-order valence-corrected chi connectivity index (χ0v) is 14.9. The van der Waals surface area contributed by atoms with Crippen molar-refractivity contribution in [2.45, 2.75) is 31.3 Å². The molecule has 1 aromatic heterocycles. The summed E-state index contributed by atoms with van der Waals surface area (Å²) in [6.45, 7) is 3.02. The second-order valence-corrected chi connectivity index (χ2v) is 8.06. The number of ether oxygens (including phenoxy) is 2. The van der Waals surface area contributed by atoms with Gasteiger partial charge in [0.15, 0.2) is 0 Å². The highest BCUT2D eigenvalue weighted by atomic mass is 32.1. The molecule has 0 saturated carbocycles. The summed E-state index contributed by atoms with van der Waals surface area (Å²) < 4.78 is 11.8. The van der Waals surface area contributed by atoms with Crippen molar-refractivity contribution in [1.82, 2.24) is 4.90 Å². The van der Waals surface area contributed by atoms with Crippen LogP contribution in [-0.2, 0) is 23.2 Å². The molecular formula is C20H21NO3S. The first-order chi connectivity index (χ1) is 12.3. The van der Waals surface area contributed by atoms with E-state index in [1.807, 2.05) is 34.4 Å². The van der Waals surface area contributed by atoms with Gasteiger partial charge in [0, 0.05) is 36.4 Å². The highest BCUT2D eigenvalue weighted by Crippen LogP contribution is 2.43. The van der Waals surface area contributed by atoms with E-state index in [1.54, 1.807) is 0 Å². The second-order valence-electron chi connectivity index (χ2n) is 7.06. The number of carbonyl (C=O) groups is 1. The van der Waals surface area contributed by atoms with Crippen LogP contribution in [0.3, 0.4) is 0 Å². The normalized spacial score (nSPS) is 20.9. The fraction of sp³-hybridized carbons (Fsp3) is 0.450. The third-order valence-corrected chi connectivity index (χ3v) is 6.72. The minimum atomic E-state index is -0.170. The first-order valence-corrected chi connectivity index (χ1v) is 9.89. The van der Waals surface area contributed by atoms with Gasteiger partial charge in [0.2, 0.25) is 0 Å². The lowest BCUT2D eigenvalue weighted by Gasteiger charge is -2.44. The number of hydrogen-bond acceptors (Lipinski definition) is 4. The van der Waals surface area contributed by atoms with Crippen molar-refractivity contribution in [3.63, 3.8) is 0 Å². The molecule has 0 aliphatic carbocycles. The number of benzene rings is 1. The van der Waals surface area contributed by atoms with Crippen molar-refractivity contribution in [3.8, 4) is 5.75 Å². The van der Waals surface area contributed by atoms with Crippen molar-refractivity contribution >= 4 is 17.2 Å². The van der Waals surface area contributed by atoms with E-state index < -0.39 is 0 Å². The van der Waals surface area contributed by atoms with Crippen LogP contribution in [0.25, 0.3) is 0 Å². The summed E-state index contributed by atoms with van der Waals surface area (Å²) in [5.74, 6) is 1.06. The number of hydrogen-bond donors (Lipinski definition) is 0. The quantitative estimate of drug-likeness (QED) is 0.787. The minimum Gasteiger partial charge on any atom is -0.493 e. The fourth-order valence-corrected chi connectivity index (χ4v) is 5.29. The maximum absolute atomic E-state index is 12.9. The summed E-state index contributed by atoms with van der Waals surface area (Å²) in [6.07, 6.45) is 3.69. The van der Waals surface area contributed by atoms with Crippen LogP contribution in [0.2, 0.25) is 0 Å². The Balaban J connectivity index is 1.33. The molecule has 0 N–H and O–H groups in total. The zero-order chi connectivity index (χ0) is 16.9. The Bertz CT molecular complexity index is 820. The van der Waals surface area contributed by atoms with Crippen LogP contribution in [0.5, 0.6) is 5.75 Å². The molecule has 4 nitrogen and oxygen atoms in total.